The molecule has 2 aromatic heterocycles. The number of halogens is 1. The van der Waals surface area contributed by atoms with Crippen molar-refractivity contribution in [2.24, 2.45) is 0 Å². The highest BCUT2D eigenvalue weighted by molar-refractivity contribution is 7.19. The summed E-state index contributed by atoms with van der Waals surface area (Å²) in [5.74, 6) is 0.0572. The average Bonchev–Trinajstić information content (AvgIpc) is 3.25. The Hall–Kier alpha value is -2.31. The Labute approximate surface area is 146 Å². The minimum atomic E-state index is -1.19. The number of carbonyl (C=O) groups is 2. The summed E-state index contributed by atoms with van der Waals surface area (Å²) in [6.07, 6.45) is 1.48. The minimum Gasteiger partial charge on any atom is -0.466 e. The molecule has 3 heterocycles. The van der Waals surface area contributed by atoms with Crippen LogP contribution in [0.1, 0.15) is 17.6 Å². The van der Waals surface area contributed by atoms with Gasteiger partial charge >= 0.3 is 6.03 Å². The minimum absolute atomic E-state index is 0.138. The second kappa shape index (κ2) is 5.36. The fourth-order valence-corrected chi connectivity index (χ4v) is 4.36. The number of nitrogens with zero attached hydrogens (tertiary/aromatic N) is 1. The smallest absolute Gasteiger partial charge is 0.325 e. The van der Waals surface area contributed by atoms with E-state index in [1.165, 1.54) is 22.5 Å². The van der Waals surface area contributed by atoms with E-state index < -0.39 is 11.6 Å². The zero-order chi connectivity index (χ0) is 16.9. The van der Waals surface area contributed by atoms with Gasteiger partial charge in [0.25, 0.3) is 5.91 Å². The highest BCUT2D eigenvalue weighted by atomic mass is 35.5. The van der Waals surface area contributed by atoms with Gasteiger partial charge in [-0.2, -0.15) is 0 Å². The molecule has 1 aliphatic heterocycles. The number of carbonyl (C=O) groups excluding carboxylic acids is 2. The molecule has 1 aliphatic rings. The van der Waals surface area contributed by atoms with Crippen LogP contribution in [0, 0.1) is 0 Å². The highest BCUT2D eigenvalue weighted by Gasteiger charge is 2.51. The monoisotopic (exact) mass is 360 g/mol. The number of rotatable bonds is 3. The molecule has 122 valence electrons. The standard InChI is InChI=1S/C17H13ClN2O3S/c1-17(13-7-4-8-23-13)15(21)20(16(22)19-17)9-12-14(18)10-5-2-3-6-11(10)24-12/h2-8H,9H2,1H3,(H,19,22). The van der Waals surface area contributed by atoms with Gasteiger partial charge in [0.05, 0.1) is 17.8 Å². The Morgan fingerprint density at radius 2 is 2.04 bits per heavy atom. The lowest BCUT2D eigenvalue weighted by molar-refractivity contribution is -0.132. The molecule has 7 heteroatoms. The first-order chi connectivity index (χ1) is 11.5. The first kappa shape index (κ1) is 15.2. The van der Waals surface area contributed by atoms with Gasteiger partial charge in [0, 0.05) is 15.0 Å². The molecule has 0 saturated carbocycles. The SMILES string of the molecule is CC1(c2ccco2)NC(=O)N(Cc2sc3ccccc3c2Cl)C1=O. The van der Waals surface area contributed by atoms with Crippen molar-refractivity contribution in [2.75, 3.05) is 0 Å². The van der Waals surface area contributed by atoms with Gasteiger partial charge in [0.2, 0.25) is 0 Å². The number of hydrogen-bond donors (Lipinski definition) is 1. The Morgan fingerprint density at radius 1 is 1.25 bits per heavy atom. The van der Waals surface area contributed by atoms with Crippen LogP contribution in [0.15, 0.2) is 47.1 Å². The summed E-state index contributed by atoms with van der Waals surface area (Å²) < 4.78 is 6.35. The lowest BCUT2D eigenvalue weighted by Crippen LogP contribution is -2.40. The van der Waals surface area contributed by atoms with Gasteiger partial charge in [-0.1, -0.05) is 29.8 Å². The maximum atomic E-state index is 12.8. The van der Waals surface area contributed by atoms with Gasteiger partial charge in [0.1, 0.15) is 5.76 Å². The topological polar surface area (TPSA) is 62.6 Å². The van der Waals surface area contributed by atoms with E-state index in [4.69, 9.17) is 16.0 Å². The molecule has 3 aromatic rings. The van der Waals surface area contributed by atoms with E-state index in [1.54, 1.807) is 19.1 Å². The first-order valence-corrected chi connectivity index (χ1v) is 8.54. The summed E-state index contributed by atoms with van der Waals surface area (Å²) in [6.45, 7) is 1.78. The van der Waals surface area contributed by atoms with Crippen molar-refractivity contribution in [2.45, 2.75) is 19.0 Å². The normalized spacial score (nSPS) is 20.8. The number of thiophene rings is 1. The molecule has 1 N–H and O–H groups in total. The summed E-state index contributed by atoms with van der Waals surface area (Å²) in [7, 11) is 0. The van der Waals surface area contributed by atoms with Crippen molar-refractivity contribution < 1.29 is 14.0 Å². The van der Waals surface area contributed by atoms with Gasteiger partial charge < -0.3 is 9.73 Å². The van der Waals surface area contributed by atoms with Gasteiger partial charge in [-0.05, 0) is 25.1 Å². The molecule has 1 atom stereocenters. The van der Waals surface area contributed by atoms with Crippen LogP contribution in [0.2, 0.25) is 5.02 Å². The predicted octanol–water partition coefficient (Wildman–Crippen LogP) is 4.11. The zero-order valence-electron chi connectivity index (χ0n) is 12.7. The van der Waals surface area contributed by atoms with Crippen LogP contribution in [0.25, 0.3) is 10.1 Å². The number of fused-ring (bicyclic) bond motifs is 1. The lowest BCUT2D eigenvalue weighted by Gasteiger charge is -2.18. The molecule has 3 amide bonds. The van der Waals surface area contributed by atoms with Crippen LogP contribution in [-0.2, 0) is 16.9 Å². The van der Waals surface area contributed by atoms with Crippen LogP contribution in [0.3, 0.4) is 0 Å². The molecule has 1 saturated heterocycles. The van der Waals surface area contributed by atoms with Crippen LogP contribution >= 0.6 is 22.9 Å². The van der Waals surface area contributed by atoms with E-state index in [1.807, 2.05) is 24.3 Å². The van der Waals surface area contributed by atoms with Crippen molar-refractivity contribution in [3.05, 3.63) is 58.3 Å². The van der Waals surface area contributed by atoms with Crippen molar-refractivity contribution in [3.8, 4) is 0 Å². The van der Waals surface area contributed by atoms with Gasteiger partial charge in [-0.3, -0.25) is 9.69 Å². The van der Waals surface area contributed by atoms with E-state index in [2.05, 4.69) is 5.32 Å². The number of imide groups is 1. The van der Waals surface area contributed by atoms with Crippen LogP contribution in [0.4, 0.5) is 4.79 Å². The van der Waals surface area contributed by atoms with Crippen molar-refractivity contribution in [3.63, 3.8) is 0 Å². The summed E-state index contributed by atoms with van der Waals surface area (Å²) in [5, 5.41) is 4.23. The molecule has 0 aliphatic carbocycles. The van der Waals surface area contributed by atoms with Gasteiger partial charge in [-0.25, -0.2) is 4.79 Å². The Bertz CT molecular complexity index is 950. The second-order valence-corrected chi connectivity index (χ2v) is 7.27. The largest absolute Gasteiger partial charge is 0.466 e. The molecule has 1 unspecified atom stereocenters. The van der Waals surface area contributed by atoms with E-state index >= 15 is 0 Å². The number of nitrogens with one attached hydrogen (secondary N) is 1. The number of furan rings is 1. The number of hydrogen-bond acceptors (Lipinski definition) is 4. The van der Waals surface area contributed by atoms with Crippen LogP contribution in [-0.4, -0.2) is 16.8 Å². The summed E-state index contributed by atoms with van der Waals surface area (Å²) in [6, 6.07) is 10.6. The van der Waals surface area contributed by atoms with Crippen LogP contribution < -0.4 is 5.32 Å². The lowest BCUT2D eigenvalue weighted by atomic mass is 9.99. The predicted molar refractivity (Wildman–Crippen MR) is 92.0 cm³/mol. The maximum absolute atomic E-state index is 12.8. The fraction of sp³-hybridized carbons (Fsp3) is 0.176. The molecule has 5 nitrogen and oxygen atoms in total. The Morgan fingerprint density at radius 3 is 2.75 bits per heavy atom. The van der Waals surface area contributed by atoms with E-state index in [9.17, 15) is 9.59 Å². The molecule has 0 radical (unpaired) electrons. The number of benzene rings is 1. The van der Waals surface area contributed by atoms with Crippen molar-refractivity contribution >= 4 is 45.0 Å². The zero-order valence-corrected chi connectivity index (χ0v) is 14.3. The Kier molecular flexibility index (Phi) is 3.40. The number of urea groups is 1. The quantitative estimate of drug-likeness (QED) is 0.715. The molecule has 24 heavy (non-hydrogen) atoms. The van der Waals surface area contributed by atoms with Crippen molar-refractivity contribution in [1.29, 1.82) is 0 Å². The van der Waals surface area contributed by atoms with Gasteiger partial charge in [0.15, 0.2) is 5.54 Å². The third kappa shape index (κ3) is 2.14. The van der Waals surface area contributed by atoms with E-state index in [0.717, 1.165) is 15.0 Å². The van der Waals surface area contributed by atoms with E-state index in [0.29, 0.717) is 10.8 Å². The molecule has 4 rings (SSSR count). The third-order valence-corrected chi connectivity index (χ3v) is 5.89. The van der Waals surface area contributed by atoms with Crippen molar-refractivity contribution in [1.82, 2.24) is 10.2 Å². The molecule has 1 aromatic carbocycles. The molecule has 0 spiro atoms. The summed E-state index contributed by atoms with van der Waals surface area (Å²) >= 11 is 7.91. The van der Waals surface area contributed by atoms with E-state index in [-0.39, 0.29) is 12.5 Å². The fourth-order valence-electron chi connectivity index (χ4n) is 2.88. The molecular weight excluding hydrogens is 348 g/mol. The van der Waals surface area contributed by atoms with Crippen LogP contribution in [0.5, 0.6) is 0 Å². The summed E-state index contributed by atoms with van der Waals surface area (Å²) in [4.78, 5) is 27.1. The highest BCUT2D eigenvalue weighted by Crippen LogP contribution is 2.37. The molecule has 1 fully saturated rings. The number of amides is 3. The second-order valence-electron chi connectivity index (χ2n) is 5.76. The third-order valence-electron chi connectivity index (χ3n) is 4.19. The summed E-state index contributed by atoms with van der Waals surface area (Å²) in [5.41, 5.74) is -1.19. The molecular formula is C17H13ClN2O3S. The maximum Gasteiger partial charge on any atom is 0.325 e. The molecule has 0 bridgehead atoms. The van der Waals surface area contributed by atoms with Gasteiger partial charge in [-0.15, -0.1) is 11.3 Å². The first-order valence-electron chi connectivity index (χ1n) is 7.34. The average molecular weight is 361 g/mol. The Balaban J connectivity index is 1.68.